The van der Waals surface area contributed by atoms with Gasteiger partial charge < -0.3 is 20.7 Å². The molecule has 0 aliphatic rings. The number of rotatable bonds is 9. The Morgan fingerprint density at radius 3 is 2.59 bits per heavy atom. The number of hydrogen-bond donors (Lipinski definition) is 3. The summed E-state index contributed by atoms with van der Waals surface area (Å²) >= 11 is 0. The lowest BCUT2D eigenvalue weighted by Gasteiger charge is -2.15. The summed E-state index contributed by atoms with van der Waals surface area (Å²) in [5, 5.41) is 12.2. The number of amides is 1. The molecule has 4 rings (SSSR count). The van der Waals surface area contributed by atoms with Crippen molar-refractivity contribution in [3.8, 4) is 16.9 Å². The number of halogens is 5. The van der Waals surface area contributed by atoms with Crippen molar-refractivity contribution in [3.63, 3.8) is 0 Å². The van der Waals surface area contributed by atoms with Crippen LogP contribution in [0.5, 0.6) is 5.75 Å². The number of carbonyl (C=O) groups is 1. The molecule has 0 radical (unpaired) electrons. The van der Waals surface area contributed by atoms with Crippen LogP contribution < -0.4 is 20.7 Å². The largest absolute Gasteiger partial charge is 0.484 e. The van der Waals surface area contributed by atoms with E-state index in [4.69, 9.17) is 4.74 Å². The van der Waals surface area contributed by atoms with Crippen molar-refractivity contribution in [3.05, 3.63) is 79.3 Å². The third-order valence-electron chi connectivity index (χ3n) is 5.01. The molecule has 0 spiro atoms. The highest BCUT2D eigenvalue weighted by Crippen LogP contribution is 2.34. The first-order valence-corrected chi connectivity index (χ1v) is 11.1. The fourth-order valence-corrected chi connectivity index (χ4v) is 3.35. The van der Waals surface area contributed by atoms with E-state index in [1.165, 1.54) is 35.3 Å². The van der Waals surface area contributed by atoms with Gasteiger partial charge in [-0.05, 0) is 42.0 Å². The van der Waals surface area contributed by atoms with Crippen LogP contribution in [0.2, 0.25) is 0 Å². The smallest absolute Gasteiger partial charge is 0.422 e. The maximum absolute atomic E-state index is 14.7. The Hall–Kier alpha value is -5.01. The van der Waals surface area contributed by atoms with Crippen molar-refractivity contribution >= 4 is 34.7 Å². The van der Waals surface area contributed by atoms with Gasteiger partial charge in [0.25, 0.3) is 0 Å². The molecule has 1 amide bonds. The molecule has 0 saturated heterocycles. The zero-order valence-corrected chi connectivity index (χ0v) is 20.2. The Morgan fingerprint density at radius 2 is 1.90 bits per heavy atom. The van der Waals surface area contributed by atoms with Crippen molar-refractivity contribution in [2.75, 3.05) is 22.6 Å². The molecule has 2 aromatic heterocycles. The summed E-state index contributed by atoms with van der Waals surface area (Å²) < 4.78 is 73.3. The second-order valence-electron chi connectivity index (χ2n) is 8.08. The molecule has 4 aromatic rings. The Labute approximate surface area is 218 Å². The van der Waals surface area contributed by atoms with E-state index in [0.29, 0.717) is 5.69 Å². The van der Waals surface area contributed by atoms with E-state index in [1.54, 1.807) is 13.2 Å². The first kappa shape index (κ1) is 27.0. The molecule has 3 N–H and O–H groups in total. The van der Waals surface area contributed by atoms with Gasteiger partial charge in [0.1, 0.15) is 23.2 Å². The van der Waals surface area contributed by atoms with Crippen LogP contribution in [0.15, 0.2) is 67.6 Å². The zero-order chi connectivity index (χ0) is 28.2. The number of anilines is 5. The Bertz CT molecular complexity index is 1520. The highest BCUT2D eigenvalue weighted by molar-refractivity contribution is 5.99. The predicted octanol–water partition coefficient (Wildman–Crippen LogP) is 5.71. The van der Waals surface area contributed by atoms with Crippen molar-refractivity contribution in [1.82, 2.24) is 19.7 Å². The number of aromatic nitrogens is 4. The molecule has 0 saturated carbocycles. The van der Waals surface area contributed by atoms with E-state index in [-0.39, 0.29) is 40.0 Å². The summed E-state index contributed by atoms with van der Waals surface area (Å²) in [6.07, 6.45) is 0.833. The molecule has 2 aromatic carbocycles. The van der Waals surface area contributed by atoms with Crippen LogP contribution in [0, 0.1) is 11.6 Å². The van der Waals surface area contributed by atoms with Crippen LogP contribution >= 0.6 is 0 Å². The second kappa shape index (κ2) is 11.2. The number of aryl methyl sites for hydroxylation is 1. The molecule has 0 aliphatic carbocycles. The minimum Gasteiger partial charge on any atom is -0.484 e. The fraction of sp³-hybridized carbons (Fsp3) is 0.120. The van der Waals surface area contributed by atoms with E-state index in [2.05, 4.69) is 37.6 Å². The molecule has 0 fully saturated rings. The van der Waals surface area contributed by atoms with Crippen LogP contribution in [0.4, 0.5) is 50.8 Å². The number of ether oxygens (including phenoxy) is 1. The number of hydrogen-bond acceptors (Lipinski definition) is 7. The van der Waals surface area contributed by atoms with Gasteiger partial charge >= 0.3 is 6.18 Å². The van der Waals surface area contributed by atoms with Gasteiger partial charge in [0.2, 0.25) is 11.9 Å². The minimum atomic E-state index is -4.63. The highest BCUT2D eigenvalue weighted by atomic mass is 19.4. The molecule has 0 atom stereocenters. The number of nitrogens with one attached hydrogen (secondary N) is 3. The van der Waals surface area contributed by atoms with Crippen molar-refractivity contribution < 1.29 is 31.5 Å². The molecule has 2 heterocycles. The molecule has 202 valence electrons. The molecule has 0 aliphatic heterocycles. The van der Waals surface area contributed by atoms with Gasteiger partial charge in [0.05, 0.1) is 17.6 Å². The SMILES string of the molecule is C=CC(=O)Nc1ccc(F)c(Nc2nc(Nc3cnn(C)c3)ncc2-c2cc(F)cc(OCC(F)(F)F)c2)c1. The molecule has 9 nitrogen and oxygen atoms in total. The number of alkyl halides is 3. The zero-order valence-electron chi connectivity index (χ0n) is 20.2. The van der Waals surface area contributed by atoms with Gasteiger partial charge in [-0.1, -0.05) is 6.58 Å². The minimum absolute atomic E-state index is 0.0325. The van der Waals surface area contributed by atoms with Gasteiger partial charge in [-0.15, -0.1) is 0 Å². The second-order valence-corrected chi connectivity index (χ2v) is 8.08. The molecule has 0 bridgehead atoms. The lowest BCUT2D eigenvalue weighted by Crippen LogP contribution is -2.19. The lowest BCUT2D eigenvalue weighted by molar-refractivity contribution is -0.153. The molecule has 0 unspecified atom stereocenters. The normalized spacial score (nSPS) is 11.1. The number of carbonyl (C=O) groups excluding carboxylic acids is 1. The van der Waals surface area contributed by atoms with E-state index < -0.39 is 30.3 Å². The van der Waals surface area contributed by atoms with E-state index in [0.717, 1.165) is 24.3 Å². The summed E-state index contributed by atoms with van der Waals surface area (Å²) in [5.41, 5.74) is 0.822. The first-order chi connectivity index (χ1) is 18.5. The van der Waals surface area contributed by atoms with Crippen LogP contribution in [0.3, 0.4) is 0 Å². The Balaban J connectivity index is 1.75. The maximum atomic E-state index is 14.7. The summed E-state index contributed by atoms with van der Waals surface area (Å²) in [7, 11) is 1.70. The van der Waals surface area contributed by atoms with Crippen molar-refractivity contribution in [2.45, 2.75) is 6.18 Å². The maximum Gasteiger partial charge on any atom is 0.422 e. The van der Waals surface area contributed by atoms with E-state index in [9.17, 15) is 26.7 Å². The van der Waals surface area contributed by atoms with Crippen LogP contribution in [0.1, 0.15) is 0 Å². The topological polar surface area (TPSA) is 106 Å². The standard InChI is InChI=1S/C25H20F5N7O2/c1-3-22(38)33-16-4-5-20(27)21(9-16)35-23-19(11-31-24(36-23)34-17-10-32-37(2)12-17)14-6-15(26)8-18(7-14)39-13-25(28,29)30/h3-12H,1,13H2,2H3,(H,33,38)(H2,31,34,35,36). The van der Waals surface area contributed by atoms with E-state index >= 15 is 0 Å². The first-order valence-electron chi connectivity index (χ1n) is 11.1. The van der Waals surface area contributed by atoms with Crippen LogP contribution in [-0.2, 0) is 11.8 Å². The highest BCUT2D eigenvalue weighted by Gasteiger charge is 2.28. The number of benzene rings is 2. The third kappa shape index (κ3) is 7.28. The van der Waals surface area contributed by atoms with Gasteiger partial charge in [-0.3, -0.25) is 9.48 Å². The Morgan fingerprint density at radius 1 is 1.10 bits per heavy atom. The van der Waals surface area contributed by atoms with E-state index in [1.807, 2.05) is 0 Å². The van der Waals surface area contributed by atoms with Gasteiger partial charge in [-0.2, -0.15) is 23.3 Å². The summed E-state index contributed by atoms with van der Waals surface area (Å²) in [4.78, 5) is 20.2. The molecular weight excluding hydrogens is 525 g/mol. The van der Waals surface area contributed by atoms with Gasteiger partial charge in [0.15, 0.2) is 6.61 Å². The quantitative estimate of drug-likeness (QED) is 0.183. The molecule has 14 heteroatoms. The van der Waals surface area contributed by atoms with Crippen molar-refractivity contribution in [2.24, 2.45) is 7.05 Å². The average molecular weight is 545 g/mol. The molecular formula is C25H20F5N7O2. The Kier molecular flexibility index (Phi) is 7.74. The monoisotopic (exact) mass is 545 g/mol. The molecule has 39 heavy (non-hydrogen) atoms. The van der Waals surface area contributed by atoms with Crippen LogP contribution in [0.25, 0.3) is 11.1 Å². The van der Waals surface area contributed by atoms with Gasteiger partial charge in [-0.25, -0.2) is 13.8 Å². The summed E-state index contributed by atoms with van der Waals surface area (Å²) in [5.74, 6) is -2.49. The summed E-state index contributed by atoms with van der Waals surface area (Å²) in [6.45, 7) is 1.74. The number of nitrogens with zero attached hydrogens (tertiary/aromatic N) is 4. The third-order valence-corrected chi connectivity index (χ3v) is 5.01. The summed E-state index contributed by atoms with van der Waals surface area (Å²) in [6, 6.07) is 6.73. The van der Waals surface area contributed by atoms with Gasteiger partial charge in [0, 0.05) is 36.8 Å². The van der Waals surface area contributed by atoms with Crippen LogP contribution in [-0.4, -0.2) is 38.4 Å². The lowest BCUT2D eigenvalue weighted by atomic mass is 10.1. The predicted molar refractivity (Wildman–Crippen MR) is 134 cm³/mol. The average Bonchev–Trinajstić information content (AvgIpc) is 3.28. The fourth-order valence-electron chi connectivity index (χ4n) is 3.35. The van der Waals surface area contributed by atoms with Crippen molar-refractivity contribution in [1.29, 1.82) is 0 Å².